The number of aromatic nitrogens is 3. The molecule has 2 aromatic heterocycles. The highest BCUT2D eigenvalue weighted by atomic mass is 19.1. The minimum atomic E-state index is -0.305. The SMILES string of the molecule is O=CNc1ncccc1C1Cc2ccc(Nc3cc(C(=O)N4CCc5cc(F)ccc54)ncn3)cc2C1. The molecule has 6 rings (SSSR count). The Morgan fingerprint density at radius 1 is 1.00 bits per heavy atom. The molecular weight excluding hydrogens is 471 g/mol. The Labute approximate surface area is 212 Å². The van der Waals surface area contributed by atoms with E-state index in [0.29, 0.717) is 36.7 Å². The monoisotopic (exact) mass is 494 g/mol. The zero-order valence-corrected chi connectivity index (χ0v) is 19.8. The minimum absolute atomic E-state index is 0.224. The Morgan fingerprint density at radius 3 is 2.78 bits per heavy atom. The number of pyridine rings is 1. The van der Waals surface area contributed by atoms with Gasteiger partial charge in [-0.2, -0.15) is 0 Å². The highest BCUT2D eigenvalue weighted by Crippen LogP contribution is 2.38. The maximum absolute atomic E-state index is 13.6. The maximum Gasteiger partial charge on any atom is 0.277 e. The summed E-state index contributed by atoms with van der Waals surface area (Å²) in [5.74, 6) is 0.778. The zero-order valence-electron chi connectivity index (χ0n) is 19.8. The van der Waals surface area contributed by atoms with Crippen molar-refractivity contribution < 1.29 is 14.0 Å². The number of halogens is 1. The molecule has 0 saturated carbocycles. The van der Waals surface area contributed by atoms with Crippen LogP contribution in [0.25, 0.3) is 0 Å². The van der Waals surface area contributed by atoms with E-state index in [0.717, 1.165) is 29.7 Å². The fraction of sp³-hybridized carbons (Fsp3) is 0.179. The van der Waals surface area contributed by atoms with Crippen molar-refractivity contribution in [3.05, 3.63) is 101 Å². The van der Waals surface area contributed by atoms with Crippen LogP contribution < -0.4 is 15.5 Å². The minimum Gasteiger partial charge on any atom is -0.340 e. The van der Waals surface area contributed by atoms with Crippen LogP contribution in [-0.4, -0.2) is 33.8 Å². The van der Waals surface area contributed by atoms with Crippen molar-refractivity contribution >= 4 is 35.3 Å². The number of nitrogens with zero attached hydrogens (tertiary/aromatic N) is 4. The molecule has 0 bridgehead atoms. The molecule has 0 fully saturated rings. The molecule has 184 valence electrons. The molecule has 2 aromatic carbocycles. The highest BCUT2D eigenvalue weighted by molar-refractivity contribution is 6.06. The molecule has 1 aliphatic heterocycles. The topological polar surface area (TPSA) is 100 Å². The molecule has 2 aliphatic rings. The second-order valence-corrected chi connectivity index (χ2v) is 9.19. The van der Waals surface area contributed by atoms with E-state index in [4.69, 9.17) is 0 Å². The lowest BCUT2D eigenvalue weighted by Gasteiger charge is -2.17. The van der Waals surface area contributed by atoms with Crippen molar-refractivity contribution in [2.24, 2.45) is 0 Å². The van der Waals surface area contributed by atoms with Crippen molar-refractivity contribution in [2.75, 3.05) is 22.1 Å². The lowest BCUT2D eigenvalue weighted by Crippen LogP contribution is -2.29. The number of benzene rings is 2. The second-order valence-electron chi connectivity index (χ2n) is 9.19. The van der Waals surface area contributed by atoms with Crippen LogP contribution in [0.1, 0.15) is 38.7 Å². The summed E-state index contributed by atoms with van der Waals surface area (Å²) in [6, 6.07) is 16.2. The first-order valence-electron chi connectivity index (χ1n) is 12.1. The van der Waals surface area contributed by atoms with Gasteiger partial charge >= 0.3 is 0 Å². The fourth-order valence-electron chi connectivity index (χ4n) is 5.25. The first kappa shape index (κ1) is 22.8. The number of anilines is 4. The molecular formula is C28H23FN6O2. The molecule has 37 heavy (non-hydrogen) atoms. The molecule has 1 aliphatic carbocycles. The lowest BCUT2D eigenvalue weighted by atomic mass is 9.97. The number of hydrogen-bond acceptors (Lipinski definition) is 6. The number of carbonyl (C=O) groups excluding carboxylic acids is 2. The van der Waals surface area contributed by atoms with Crippen LogP contribution in [0.5, 0.6) is 0 Å². The largest absolute Gasteiger partial charge is 0.340 e. The predicted octanol–water partition coefficient (Wildman–Crippen LogP) is 4.41. The van der Waals surface area contributed by atoms with Gasteiger partial charge in [-0.15, -0.1) is 0 Å². The standard InChI is InChI=1S/C28H23FN6O2/c29-21-4-6-25-18(12-21)7-9-35(25)28(37)24-14-26(32-15-31-24)34-22-5-3-17-10-20(11-19(17)13-22)23-2-1-8-30-27(23)33-16-36/h1-6,8,12-16,20H,7,9-11H2,(H,30,33,36)(H,31,32,34). The number of hydrogen-bond donors (Lipinski definition) is 2. The molecule has 2 N–H and O–H groups in total. The van der Waals surface area contributed by atoms with Crippen LogP contribution >= 0.6 is 0 Å². The van der Waals surface area contributed by atoms with Gasteiger partial charge in [-0.1, -0.05) is 12.1 Å². The van der Waals surface area contributed by atoms with Crippen LogP contribution in [-0.2, 0) is 24.1 Å². The van der Waals surface area contributed by atoms with Crippen molar-refractivity contribution in [3.63, 3.8) is 0 Å². The average Bonchev–Trinajstić information content (AvgIpc) is 3.52. The third kappa shape index (κ3) is 4.40. The number of amides is 2. The van der Waals surface area contributed by atoms with Crippen molar-refractivity contribution in [1.29, 1.82) is 0 Å². The predicted molar refractivity (Wildman–Crippen MR) is 138 cm³/mol. The van der Waals surface area contributed by atoms with Crippen molar-refractivity contribution in [2.45, 2.75) is 25.2 Å². The smallest absolute Gasteiger partial charge is 0.277 e. The van der Waals surface area contributed by atoms with Gasteiger partial charge in [0.15, 0.2) is 0 Å². The van der Waals surface area contributed by atoms with Gasteiger partial charge in [-0.05, 0) is 83.8 Å². The van der Waals surface area contributed by atoms with Gasteiger partial charge < -0.3 is 15.5 Å². The quantitative estimate of drug-likeness (QED) is 0.385. The Morgan fingerprint density at radius 2 is 1.89 bits per heavy atom. The number of nitrogens with one attached hydrogen (secondary N) is 2. The molecule has 4 aromatic rings. The van der Waals surface area contributed by atoms with Gasteiger partial charge in [0.25, 0.3) is 5.91 Å². The van der Waals surface area contributed by atoms with E-state index in [9.17, 15) is 14.0 Å². The molecule has 8 nitrogen and oxygen atoms in total. The van der Waals surface area contributed by atoms with E-state index >= 15 is 0 Å². The summed E-state index contributed by atoms with van der Waals surface area (Å²) < 4.78 is 13.6. The molecule has 9 heteroatoms. The first-order chi connectivity index (χ1) is 18.1. The van der Waals surface area contributed by atoms with E-state index in [1.54, 1.807) is 23.2 Å². The lowest BCUT2D eigenvalue weighted by molar-refractivity contribution is -0.105. The molecule has 1 atom stereocenters. The molecule has 0 spiro atoms. The van der Waals surface area contributed by atoms with Crippen LogP contribution in [0.3, 0.4) is 0 Å². The Bertz CT molecular complexity index is 1520. The third-order valence-electron chi connectivity index (χ3n) is 6.95. The molecule has 0 radical (unpaired) electrons. The number of rotatable bonds is 6. The summed E-state index contributed by atoms with van der Waals surface area (Å²) >= 11 is 0. The van der Waals surface area contributed by atoms with Gasteiger partial charge in [-0.25, -0.2) is 19.3 Å². The maximum atomic E-state index is 13.6. The zero-order chi connectivity index (χ0) is 25.4. The average molecular weight is 495 g/mol. The van der Waals surface area contributed by atoms with Crippen molar-refractivity contribution in [3.8, 4) is 0 Å². The van der Waals surface area contributed by atoms with E-state index in [1.807, 2.05) is 18.2 Å². The van der Waals surface area contributed by atoms with E-state index in [2.05, 4.69) is 37.7 Å². The molecule has 0 saturated heterocycles. The summed E-state index contributed by atoms with van der Waals surface area (Å²) in [5.41, 5.74) is 6.13. The number of fused-ring (bicyclic) bond motifs is 2. The summed E-state index contributed by atoms with van der Waals surface area (Å²) in [5, 5.41) is 5.99. The fourth-order valence-corrected chi connectivity index (χ4v) is 5.25. The summed E-state index contributed by atoms with van der Waals surface area (Å²) in [4.78, 5) is 38.6. The summed E-state index contributed by atoms with van der Waals surface area (Å²) in [6.07, 6.45) is 5.98. The van der Waals surface area contributed by atoms with E-state index in [1.165, 1.54) is 29.6 Å². The van der Waals surface area contributed by atoms with Crippen LogP contribution in [0, 0.1) is 5.82 Å². The first-order valence-corrected chi connectivity index (χ1v) is 12.1. The highest BCUT2D eigenvalue weighted by Gasteiger charge is 2.28. The molecule has 1 unspecified atom stereocenters. The van der Waals surface area contributed by atoms with E-state index in [-0.39, 0.29) is 23.3 Å². The summed E-state index contributed by atoms with van der Waals surface area (Å²) in [7, 11) is 0. The Hall–Kier alpha value is -4.66. The normalized spacial score (nSPS) is 15.7. The van der Waals surface area contributed by atoms with Crippen LogP contribution in [0.15, 0.2) is 67.1 Å². The van der Waals surface area contributed by atoms with Crippen LogP contribution in [0.4, 0.5) is 27.4 Å². The van der Waals surface area contributed by atoms with Gasteiger partial charge in [0.05, 0.1) is 0 Å². The Kier molecular flexibility index (Phi) is 5.80. The van der Waals surface area contributed by atoms with Gasteiger partial charge in [0.1, 0.15) is 29.5 Å². The third-order valence-corrected chi connectivity index (χ3v) is 6.95. The van der Waals surface area contributed by atoms with E-state index < -0.39 is 0 Å². The second kappa shape index (κ2) is 9.42. The molecule has 2 amide bonds. The number of carbonyl (C=O) groups is 2. The van der Waals surface area contributed by atoms with Gasteiger partial charge in [-0.3, -0.25) is 9.59 Å². The van der Waals surface area contributed by atoms with Crippen LogP contribution in [0.2, 0.25) is 0 Å². The Balaban J connectivity index is 1.19. The molecule has 3 heterocycles. The van der Waals surface area contributed by atoms with Gasteiger partial charge in [0.2, 0.25) is 6.41 Å². The summed E-state index contributed by atoms with van der Waals surface area (Å²) in [6.45, 7) is 0.484. The van der Waals surface area contributed by atoms with Crippen molar-refractivity contribution in [1.82, 2.24) is 15.0 Å². The van der Waals surface area contributed by atoms with Gasteiger partial charge in [0, 0.05) is 30.2 Å².